The molecule has 0 saturated carbocycles. The molecule has 2 aromatic rings. The van der Waals surface area contributed by atoms with E-state index in [1.54, 1.807) is 14.0 Å². The molecule has 2 aromatic heterocycles. The number of carbonyl (C=O) groups is 1. The maximum Gasteiger partial charge on any atom is 0.358 e. The van der Waals surface area contributed by atoms with Crippen LogP contribution in [-0.2, 0) is 13.6 Å². The normalized spacial score (nSPS) is 10.6. The fourth-order valence-corrected chi connectivity index (χ4v) is 1.23. The zero-order valence-corrected chi connectivity index (χ0v) is 8.69. The molecule has 0 spiro atoms. The first-order valence-electron chi connectivity index (χ1n) is 4.44. The third kappa shape index (κ3) is 1.74. The number of hydrogen-bond donors (Lipinski definition) is 1. The lowest BCUT2D eigenvalue weighted by Crippen LogP contribution is -2.07. The monoisotopic (exact) mass is 223 g/mol. The largest absolute Gasteiger partial charge is 0.476 e. The summed E-state index contributed by atoms with van der Waals surface area (Å²) in [5.41, 5.74) is 0.392. The fraction of sp³-hybridized carbons (Fsp3) is 0.429. The molecule has 0 unspecified atom stereocenters. The van der Waals surface area contributed by atoms with Gasteiger partial charge in [-0.2, -0.15) is 4.80 Å². The van der Waals surface area contributed by atoms with Gasteiger partial charge in [-0.1, -0.05) is 5.21 Å². The quantitative estimate of drug-likeness (QED) is 0.699. The second-order valence-corrected chi connectivity index (χ2v) is 3.18. The predicted molar refractivity (Wildman–Crippen MR) is 49.6 cm³/mol. The predicted octanol–water partition coefficient (Wildman–Crippen LogP) is -1.14. The zero-order valence-electron chi connectivity index (χ0n) is 8.69. The molecule has 16 heavy (non-hydrogen) atoms. The maximum absolute atomic E-state index is 10.7. The molecule has 0 atom stereocenters. The van der Waals surface area contributed by atoms with Gasteiger partial charge in [-0.15, -0.1) is 15.3 Å². The van der Waals surface area contributed by atoms with Crippen LogP contribution in [0.2, 0.25) is 0 Å². The molecular weight excluding hydrogens is 214 g/mol. The SMILES string of the molecule is Cc1c(C(=O)O)nnn1Cc1nnn(C)n1. The molecule has 2 rings (SSSR count). The molecule has 9 heteroatoms. The molecule has 0 saturated heterocycles. The minimum Gasteiger partial charge on any atom is -0.476 e. The van der Waals surface area contributed by atoms with Crippen molar-refractivity contribution < 1.29 is 9.90 Å². The average Bonchev–Trinajstić information content (AvgIpc) is 2.76. The minimum atomic E-state index is -1.10. The van der Waals surface area contributed by atoms with Gasteiger partial charge in [0, 0.05) is 0 Å². The highest BCUT2D eigenvalue weighted by atomic mass is 16.4. The van der Waals surface area contributed by atoms with Crippen LogP contribution in [0.1, 0.15) is 22.0 Å². The molecule has 0 aliphatic rings. The Kier molecular flexibility index (Phi) is 2.35. The van der Waals surface area contributed by atoms with Crippen LogP contribution in [-0.4, -0.2) is 46.3 Å². The van der Waals surface area contributed by atoms with Crippen LogP contribution >= 0.6 is 0 Å². The molecule has 9 nitrogen and oxygen atoms in total. The highest BCUT2D eigenvalue weighted by Gasteiger charge is 2.16. The number of tetrazole rings is 1. The van der Waals surface area contributed by atoms with Crippen molar-refractivity contribution in [2.24, 2.45) is 7.05 Å². The van der Waals surface area contributed by atoms with E-state index in [1.807, 2.05) is 0 Å². The van der Waals surface area contributed by atoms with E-state index in [1.165, 1.54) is 9.48 Å². The summed E-state index contributed by atoms with van der Waals surface area (Å²) in [4.78, 5) is 12.0. The molecule has 0 amide bonds. The highest BCUT2D eigenvalue weighted by molar-refractivity contribution is 5.86. The van der Waals surface area contributed by atoms with E-state index in [-0.39, 0.29) is 12.2 Å². The van der Waals surface area contributed by atoms with Gasteiger partial charge in [-0.05, 0) is 12.1 Å². The number of rotatable bonds is 3. The van der Waals surface area contributed by atoms with Crippen molar-refractivity contribution in [1.82, 2.24) is 35.2 Å². The summed E-state index contributed by atoms with van der Waals surface area (Å²) in [6, 6.07) is 0. The number of aryl methyl sites for hydroxylation is 1. The Hall–Kier alpha value is -2.32. The van der Waals surface area contributed by atoms with Gasteiger partial charge in [0.05, 0.1) is 12.7 Å². The van der Waals surface area contributed by atoms with E-state index < -0.39 is 5.97 Å². The molecule has 2 heterocycles. The molecule has 0 aromatic carbocycles. The van der Waals surface area contributed by atoms with Crippen molar-refractivity contribution in [3.63, 3.8) is 0 Å². The summed E-state index contributed by atoms with van der Waals surface area (Å²) in [6.07, 6.45) is 0. The van der Waals surface area contributed by atoms with Crippen LogP contribution in [0.15, 0.2) is 0 Å². The first kappa shape index (κ1) is 10.2. The number of hydrogen-bond acceptors (Lipinski definition) is 6. The van der Waals surface area contributed by atoms with Gasteiger partial charge in [0.15, 0.2) is 11.5 Å². The van der Waals surface area contributed by atoms with Crippen molar-refractivity contribution in [3.8, 4) is 0 Å². The Morgan fingerprint density at radius 2 is 2.12 bits per heavy atom. The van der Waals surface area contributed by atoms with Gasteiger partial charge in [0.1, 0.15) is 6.54 Å². The topological polar surface area (TPSA) is 112 Å². The summed E-state index contributed by atoms with van der Waals surface area (Å²) >= 11 is 0. The van der Waals surface area contributed by atoms with Gasteiger partial charge < -0.3 is 5.11 Å². The number of carboxylic acid groups (broad SMARTS) is 1. The summed E-state index contributed by atoms with van der Waals surface area (Å²) in [6.45, 7) is 1.87. The van der Waals surface area contributed by atoms with Crippen LogP contribution in [0.4, 0.5) is 0 Å². The Morgan fingerprint density at radius 1 is 1.38 bits per heavy atom. The summed E-state index contributed by atoms with van der Waals surface area (Å²) in [5.74, 6) is -0.650. The maximum atomic E-state index is 10.7. The molecule has 0 aliphatic heterocycles. The van der Waals surface area contributed by atoms with Crippen LogP contribution in [0.25, 0.3) is 0 Å². The van der Waals surface area contributed by atoms with Gasteiger partial charge in [-0.25, -0.2) is 9.48 Å². The smallest absolute Gasteiger partial charge is 0.358 e. The second-order valence-electron chi connectivity index (χ2n) is 3.18. The van der Waals surface area contributed by atoms with Crippen molar-refractivity contribution in [3.05, 3.63) is 17.2 Å². The zero-order chi connectivity index (χ0) is 11.7. The van der Waals surface area contributed by atoms with Crippen LogP contribution in [0, 0.1) is 6.92 Å². The van der Waals surface area contributed by atoms with Crippen molar-refractivity contribution in [2.75, 3.05) is 0 Å². The number of aromatic nitrogens is 7. The van der Waals surface area contributed by atoms with Gasteiger partial charge >= 0.3 is 5.97 Å². The van der Waals surface area contributed by atoms with Crippen LogP contribution in [0.5, 0.6) is 0 Å². The summed E-state index contributed by atoms with van der Waals surface area (Å²) in [5, 5.41) is 27.4. The average molecular weight is 223 g/mol. The molecule has 1 N–H and O–H groups in total. The van der Waals surface area contributed by atoms with E-state index in [2.05, 4.69) is 25.7 Å². The molecule has 84 valence electrons. The molecular formula is C7H9N7O2. The first-order chi connectivity index (χ1) is 7.58. The lowest BCUT2D eigenvalue weighted by atomic mass is 10.3. The first-order valence-corrected chi connectivity index (χ1v) is 4.44. The van der Waals surface area contributed by atoms with Crippen LogP contribution in [0.3, 0.4) is 0 Å². The minimum absolute atomic E-state index is 0.0658. The lowest BCUT2D eigenvalue weighted by molar-refractivity contribution is 0.0689. The third-order valence-electron chi connectivity index (χ3n) is 2.03. The van der Waals surface area contributed by atoms with Gasteiger partial charge in [0.2, 0.25) is 0 Å². The lowest BCUT2D eigenvalue weighted by Gasteiger charge is -1.97. The van der Waals surface area contributed by atoms with Gasteiger partial charge in [-0.3, -0.25) is 0 Å². The number of carboxylic acids is 1. The van der Waals surface area contributed by atoms with E-state index in [0.29, 0.717) is 11.5 Å². The van der Waals surface area contributed by atoms with E-state index in [0.717, 1.165) is 0 Å². The van der Waals surface area contributed by atoms with Gasteiger partial charge in [0.25, 0.3) is 0 Å². The number of nitrogens with zero attached hydrogens (tertiary/aromatic N) is 7. The standard InChI is InChI=1S/C7H9N7O2/c1-4-6(7(15)16)9-12-14(4)3-5-8-11-13(2)10-5/h3H2,1-2H3,(H,15,16). The Morgan fingerprint density at radius 3 is 2.62 bits per heavy atom. The Bertz CT molecular complexity index is 529. The van der Waals surface area contributed by atoms with Crippen molar-refractivity contribution in [1.29, 1.82) is 0 Å². The molecule has 0 bridgehead atoms. The number of aromatic carboxylic acids is 1. The molecule has 0 radical (unpaired) electrons. The van der Waals surface area contributed by atoms with E-state index >= 15 is 0 Å². The Balaban J connectivity index is 2.25. The highest BCUT2D eigenvalue weighted by Crippen LogP contribution is 2.04. The summed E-state index contributed by atoms with van der Waals surface area (Å²) in [7, 11) is 1.65. The third-order valence-corrected chi connectivity index (χ3v) is 2.03. The van der Waals surface area contributed by atoms with Crippen molar-refractivity contribution in [2.45, 2.75) is 13.5 Å². The second kappa shape index (κ2) is 3.68. The van der Waals surface area contributed by atoms with E-state index in [9.17, 15) is 4.79 Å². The van der Waals surface area contributed by atoms with Crippen molar-refractivity contribution >= 4 is 5.97 Å². The molecule has 0 aliphatic carbocycles. The van der Waals surface area contributed by atoms with E-state index in [4.69, 9.17) is 5.11 Å². The fourth-order valence-electron chi connectivity index (χ4n) is 1.23. The Labute approximate surface area is 89.7 Å². The summed E-state index contributed by atoms with van der Waals surface area (Å²) < 4.78 is 1.42. The molecule has 0 fully saturated rings. The van der Waals surface area contributed by atoms with Crippen LogP contribution < -0.4 is 0 Å².